The van der Waals surface area contributed by atoms with Crippen LogP contribution in [-0.2, 0) is 4.74 Å². The maximum Gasteiger partial charge on any atom is 0.367 e. The molecular formula is C11H17BrO2S. The molecule has 0 amide bonds. The van der Waals surface area contributed by atoms with E-state index in [1.807, 2.05) is 0 Å². The Morgan fingerprint density at radius 1 is 1.60 bits per heavy atom. The largest absolute Gasteiger partial charge is 0.458 e. The molecule has 0 spiro atoms. The molecule has 1 rings (SSSR count). The van der Waals surface area contributed by atoms with E-state index in [9.17, 15) is 4.79 Å². The minimum atomic E-state index is -0.133. The van der Waals surface area contributed by atoms with Crippen LogP contribution in [0.5, 0.6) is 0 Å². The number of hydrogen-bond acceptors (Lipinski definition) is 3. The van der Waals surface area contributed by atoms with Crippen molar-refractivity contribution >= 4 is 33.0 Å². The number of halogens is 1. The predicted molar refractivity (Wildman–Crippen MR) is 68.7 cm³/mol. The Balaban J connectivity index is 2.57. The van der Waals surface area contributed by atoms with Crippen LogP contribution in [0.4, 0.5) is 4.79 Å². The number of thioether (sulfide) groups is 1. The van der Waals surface area contributed by atoms with Gasteiger partial charge in [0.25, 0.3) is 0 Å². The second kappa shape index (κ2) is 7.34. The second-order valence-corrected chi connectivity index (χ2v) is 5.94. The van der Waals surface area contributed by atoms with E-state index in [1.165, 1.54) is 11.8 Å². The van der Waals surface area contributed by atoms with Crippen molar-refractivity contribution < 1.29 is 9.53 Å². The topological polar surface area (TPSA) is 26.3 Å². The number of rotatable bonds is 2. The Bertz CT molecular complexity index is 231. The van der Waals surface area contributed by atoms with E-state index in [2.05, 4.69) is 35.0 Å². The summed E-state index contributed by atoms with van der Waals surface area (Å²) in [5, 5.41) is 0.131. The summed E-state index contributed by atoms with van der Waals surface area (Å²) in [6.45, 7) is 2.67. The zero-order chi connectivity index (χ0) is 11.1. The third kappa shape index (κ3) is 5.61. The molecule has 2 unspecified atom stereocenters. The van der Waals surface area contributed by atoms with Crippen molar-refractivity contribution in [1.82, 2.24) is 0 Å². The molecule has 0 saturated heterocycles. The van der Waals surface area contributed by atoms with Crippen molar-refractivity contribution in [3.8, 4) is 0 Å². The van der Waals surface area contributed by atoms with E-state index < -0.39 is 0 Å². The average Bonchev–Trinajstić information content (AvgIpc) is 2.21. The number of ether oxygens (including phenoxy) is 1. The molecule has 2 nitrogen and oxygen atoms in total. The first kappa shape index (κ1) is 13.1. The number of alkyl halides is 1. The standard InChI is InChI=1S/C11H17BrO2S/c1-2-4-10-7-6-9(12)5-3-8-14-11(13)15-10/h6-7,9-10H,2-5,8H2,1H3/b7-6-. The van der Waals surface area contributed by atoms with Gasteiger partial charge in [-0.2, -0.15) is 0 Å². The molecule has 4 heteroatoms. The number of hydrogen-bond donors (Lipinski definition) is 0. The van der Waals surface area contributed by atoms with Crippen LogP contribution in [-0.4, -0.2) is 22.0 Å². The van der Waals surface area contributed by atoms with Gasteiger partial charge in [-0.15, -0.1) is 0 Å². The van der Waals surface area contributed by atoms with Crippen molar-refractivity contribution in [2.45, 2.75) is 42.7 Å². The van der Waals surface area contributed by atoms with Gasteiger partial charge in [0.2, 0.25) is 0 Å². The third-order valence-corrected chi connectivity index (χ3v) is 3.97. The molecule has 1 aliphatic rings. The lowest BCUT2D eigenvalue weighted by Crippen LogP contribution is -2.10. The van der Waals surface area contributed by atoms with Gasteiger partial charge < -0.3 is 4.74 Å². The van der Waals surface area contributed by atoms with Crippen LogP contribution in [0, 0.1) is 0 Å². The first-order chi connectivity index (χ1) is 7.22. The van der Waals surface area contributed by atoms with Crippen molar-refractivity contribution in [1.29, 1.82) is 0 Å². The molecule has 0 aromatic rings. The number of carbonyl (C=O) groups is 1. The SMILES string of the molecule is CCCC1/C=C\C(Br)CCCOC(=O)S1. The van der Waals surface area contributed by atoms with E-state index in [-0.39, 0.29) is 10.6 Å². The minimum absolute atomic E-state index is 0.133. The smallest absolute Gasteiger partial charge is 0.367 e. The van der Waals surface area contributed by atoms with Crippen molar-refractivity contribution in [2.24, 2.45) is 0 Å². The monoisotopic (exact) mass is 292 g/mol. The van der Waals surface area contributed by atoms with Gasteiger partial charge in [0.05, 0.1) is 6.61 Å². The van der Waals surface area contributed by atoms with Crippen LogP contribution in [0.1, 0.15) is 32.6 Å². The summed E-state index contributed by atoms with van der Waals surface area (Å²) in [4.78, 5) is 11.8. The van der Waals surface area contributed by atoms with E-state index in [0.717, 1.165) is 25.7 Å². The van der Waals surface area contributed by atoms with E-state index >= 15 is 0 Å². The van der Waals surface area contributed by atoms with Crippen LogP contribution >= 0.6 is 27.7 Å². The third-order valence-electron chi connectivity index (χ3n) is 2.20. The van der Waals surface area contributed by atoms with Gasteiger partial charge in [-0.3, -0.25) is 0 Å². The van der Waals surface area contributed by atoms with Crippen LogP contribution in [0.3, 0.4) is 0 Å². The molecule has 0 aromatic heterocycles. The number of allylic oxidation sites excluding steroid dienone is 1. The summed E-state index contributed by atoms with van der Waals surface area (Å²) in [7, 11) is 0. The molecule has 0 radical (unpaired) electrons. The van der Waals surface area contributed by atoms with Gasteiger partial charge >= 0.3 is 5.30 Å². The van der Waals surface area contributed by atoms with Crippen molar-refractivity contribution in [3.05, 3.63) is 12.2 Å². The zero-order valence-electron chi connectivity index (χ0n) is 8.95. The van der Waals surface area contributed by atoms with E-state index in [0.29, 0.717) is 11.4 Å². The maximum absolute atomic E-state index is 11.4. The van der Waals surface area contributed by atoms with Gasteiger partial charge in [0.1, 0.15) is 0 Å². The lowest BCUT2D eigenvalue weighted by atomic mass is 10.2. The Kier molecular flexibility index (Phi) is 6.41. The van der Waals surface area contributed by atoms with Gasteiger partial charge in [0.15, 0.2) is 0 Å². The highest BCUT2D eigenvalue weighted by atomic mass is 79.9. The van der Waals surface area contributed by atoms with Gasteiger partial charge in [-0.05, 0) is 31.0 Å². The van der Waals surface area contributed by atoms with E-state index in [1.54, 1.807) is 0 Å². The van der Waals surface area contributed by atoms with Gasteiger partial charge in [0, 0.05) is 10.1 Å². The summed E-state index contributed by atoms with van der Waals surface area (Å²) in [5.41, 5.74) is 0. The first-order valence-electron chi connectivity index (χ1n) is 5.38. The second-order valence-electron chi connectivity index (χ2n) is 3.59. The Labute approximate surface area is 104 Å². The van der Waals surface area contributed by atoms with Crippen molar-refractivity contribution in [2.75, 3.05) is 6.61 Å². The highest BCUT2D eigenvalue weighted by Crippen LogP contribution is 2.23. The predicted octanol–water partition coefficient (Wildman–Crippen LogP) is 4.14. The molecule has 2 atom stereocenters. The Morgan fingerprint density at radius 3 is 3.13 bits per heavy atom. The maximum atomic E-state index is 11.4. The molecular weight excluding hydrogens is 276 g/mol. The molecule has 0 bridgehead atoms. The molecule has 1 heterocycles. The highest BCUT2D eigenvalue weighted by molar-refractivity contribution is 9.09. The number of carbonyl (C=O) groups excluding carboxylic acids is 1. The summed E-state index contributed by atoms with van der Waals surface area (Å²) in [6, 6.07) is 0. The molecule has 0 fully saturated rings. The normalized spacial score (nSPS) is 30.7. The highest BCUT2D eigenvalue weighted by Gasteiger charge is 2.14. The van der Waals surface area contributed by atoms with Gasteiger partial charge in [-0.1, -0.05) is 41.4 Å². The molecule has 15 heavy (non-hydrogen) atoms. The van der Waals surface area contributed by atoms with Crippen LogP contribution in [0.25, 0.3) is 0 Å². The molecule has 0 saturated carbocycles. The van der Waals surface area contributed by atoms with E-state index in [4.69, 9.17) is 4.74 Å². The summed E-state index contributed by atoms with van der Waals surface area (Å²) >= 11 is 4.89. The summed E-state index contributed by atoms with van der Waals surface area (Å²) in [6.07, 6.45) is 8.34. The molecule has 0 N–H and O–H groups in total. The molecule has 0 aromatic carbocycles. The lowest BCUT2D eigenvalue weighted by molar-refractivity contribution is 0.173. The Hall–Kier alpha value is 0.0400. The van der Waals surface area contributed by atoms with Crippen molar-refractivity contribution in [3.63, 3.8) is 0 Å². The fraction of sp³-hybridized carbons (Fsp3) is 0.727. The van der Waals surface area contributed by atoms with Crippen LogP contribution < -0.4 is 0 Å². The van der Waals surface area contributed by atoms with Gasteiger partial charge in [-0.25, -0.2) is 4.79 Å². The molecule has 86 valence electrons. The zero-order valence-corrected chi connectivity index (χ0v) is 11.4. The molecule has 1 aliphatic heterocycles. The minimum Gasteiger partial charge on any atom is -0.458 e. The fourth-order valence-electron chi connectivity index (χ4n) is 1.41. The first-order valence-corrected chi connectivity index (χ1v) is 7.17. The fourth-order valence-corrected chi connectivity index (χ4v) is 2.83. The summed E-state index contributed by atoms with van der Waals surface area (Å²) < 4.78 is 5.11. The Morgan fingerprint density at radius 2 is 2.40 bits per heavy atom. The molecule has 0 aliphatic carbocycles. The van der Waals surface area contributed by atoms with Crippen LogP contribution in [0.2, 0.25) is 0 Å². The van der Waals surface area contributed by atoms with Crippen LogP contribution in [0.15, 0.2) is 12.2 Å². The average molecular weight is 293 g/mol. The summed E-state index contributed by atoms with van der Waals surface area (Å²) in [5.74, 6) is 0. The lowest BCUT2D eigenvalue weighted by Gasteiger charge is -2.14. The quantitative estimate of drug-likeness (QED) is 0.435. The number of cyclic esters (lactones) is 1.